The van der Waals surface area contributed by atoms with Crippen molar-refractivity contribution >= 4 is 0 Å². The first-order valence-electron chi connectivity index (χ1n) is 6.62. The lowest BCUT2D eigenvalue weighted by Gasteiger charge is -2.19. The van der Waals surface area contributed by atoms with Crippen LogP contribution in [0, 0.1) is 5.82 Å². The molecule has 0 bridgehead atoms. The quantitative estimate of drug-likeness (QED) is 0.753. The van der Waals surface area contributed by atoms with E-state index in [0.717, 1.165) is 18.5 Å². The molecule has 96 valence electrons. The molecule has 0 fully saturated rings. The number of benzene rings is 1. The molecule has 0 aliphatic heterocycles. The number of nitrogens with one attached hydrogen (secondary N) is 1. The summed E-state index contributed by atoms with van der Waals surface area (Å²) in [6.45, 7) is 7.41. The highest BCUT2D eigenvalue weighted by molar-refractivity contribution is 5.21. The van der Waals surface area contributed by atoms with Crippen LogP contribution in [-0.4, -0.2) is 12.6 Å². The Morgan fingerprint density at radius 1 is 1.29 bits per heavy atom. The monoisotopic (exact) mass is 237 g/mol. The third kappa shape index (κ3) is 5.31. The minimum atomic E-state index is -0.131. The lowest BCUT2D eigenvalue weighted by Crippen LogP contribution is -2.28. The van der Waals surface area contributed by atoms with Crippen molar-refractivity contribution in [3.63, 3.8) is 0 Å². The van der Waals surface area contributed by atoms with E-state index in [-0.39, 0.29) is 5.82 Å². The Kier molecular flexibility index (Phi) is 6.20. The second kappa shape index (κ2) is 7.44. The van der Waals surface area contributed by atoms with Gasteiger partial charge in [-0.1, -0.05) is 45.7 Å². The van der Waals surface area contributed by atoms with Gasteiger partial charge >= 0.3 is 0 Å². The number of hydrogen-bond acceptors (Lipinski definition) is 1. The van der Waals surface area contributed by atoms with E-state index in [2.05, 4.69) is 26.1 Å². The Bertz CT molecular complexity index is 322. The highest BCUT2D eigenvalue weighted by atomic mass is 19.1. The molecule has 0 aliphatic rings. The average Bonchev–Trinajstić information content (AvgIpc) is 2.29. The van der Waals surface area contributed by atoms with Gasteiger partial charge in [0.1, 0.15) is 5.82 Å². The van der Waals surface area contributed by atoms with Crippen LogP contribution in [0.3, 0.4) is 0 Å². The summed E-state index contributed by atoms with van der Waals surface area (Å²) in [5.41, 5.74) is 1.12. The van der Waals surface area contributed by atoms with E-state index in [4.69, 9.17) is 0 Å². The topological polar surface area (TPSA) is 12.0 Å². The number of halogens is 1. The molecule has 1 atom stereocenters. The highest BCUT2D eigenvalue weighted by Crippen LogP contribution is 2.22. The maximum atomic E-state index is 13.2. The first-order valence-corrected chi connectivity index (χ1v) is 6.62. The van der Waals surface area contributed by atoms with Crippen LogP contribution in [0.4, 0.5) is 4.39 Å². The van der Waals surface area contributed by atoms with Crippen LogP contribution in [-0.2, 0) is 0 Å². The Hall–Kier alpha value is -0.890. The van der Waals surface area contributed by atoms with Crippen LogP contribution < -0.4 is 5.32 Å². The molecule has 1 nitrogen and oxygen atoms in total. The molecule has 0 radical (unpaired) electrons. The SMILES string of the molecule is CCCCC(CNC(C)C)c1cccc(F)c1. The average molecular weight is 237 g/mol. The van der Waals surface area contributed by atoms with E-state index in [1.54, 1.807) is 12.1 Å². The summed E-state index contributed by atoms with van der Waals surface area (Å²) in [7, 11) is 0. The summed E-state index contributed by atoms with van der Waals surface area (Å²) in [4.78, 5) is 0. The lowest BCUT2D eigenvalue weighted by molar-refractivity contribution is 0.493. The van der Waals surface area contributed by atoms with Gasteiger partial charge in [0.2, 0.25) is 0 Å². The Morgan fingerprint density at radius 2 is 2.06 bits per heavy atom. The van der Waals surface area contributed by atoms with Crippen molar-refractivity contribution in [3.8, 4) is 0 Å². The minimum Gasteiger partial charge on any atom is -0.314 e. The summed E-state index contributed by atoms with van der Waals surface area (Å²) in [6.07, 6.45) is 3.51. The normalized spacial score (nSPS) is 13.0. The fourth-order valence-electron chi connectivity index (χ4n) is 1.98. The van der Waals surface area contributed by atoms with Gasteiger partial charge in [0.25, 0.3) is 0 Å². The van der Waals surface area contributed by atoms with E-state index < -0.39 is 0 Å². The molecular formula is C15H24FN. The summed E-state index contributed by atoms with van der Waals surface area (Å²) in [5, 5.41) is 3.45. The molecule has 1 N–H and O–H groups in total. The number of rotatable bonds is 7. The van der Waals surface area contributed by atoms with Gasteiger partial charge in [-0.25, -0.2) is 4.39 Å². The Balaban J connectivity index is 2.67. The van der Waals surface area contributed by atoms with Gasteiger partial charge in [0, 0.05) is 12.6 Å². The highest BCUT2D eigenvalue weighted by Gasteiger charge is 2.12. The Morgan fingerprint density at radius 3 is 2.65 bits per heavy atom. The third-order valence-electron chi connectivity index (χ3n) is 3.00. The van der Waals surface area contributed by atoms with Crippen molar-refractivity contribution in [2.75, 3.05) is 6.54 Å². The summed E-state index contributed by atoms with van der Waals surface area (Å²) < 4.78 is 13.2. The summed E-state index contributed by atoms with van der Waals surface area (Å²) >= 11 is 0. The third-order valence-corrected chi connectivity index (χ3v) is 3.00. The van der Waals surface area contributed by atoms with E-state index in [9.17, 15) is 4.39 Å². The molecule has 1 rings (SSSR count). The zero-order valence-electron chi connectivity index (χ0n) is 11.2. The van der Waals surface area contributed by atoms with Crippen LogP contribution >= 0.6 is 0 Å². The fraction of sp³-hybridized carbons (Fsp3) is 0.600. The minimum absolute atomic E-state index is 0.131. The van der Waals surface area contributed by atoms with Crippen molar-refractivity contribution in [2.24, 2.45) is 0 Å². The molecule has 1 unspecified atom stereocenters. The van der Waals surface area contributed by atoms with Crippen LogP contribution in [0.25, 0.3) is 0 Å². The van der Waals surface area contributed by atoms with Crippen LogP contribution in [0.5, 0.6) is 0 Å². The molecule has 0 saturated heterocycles. The predicted octanol–water partition coefficient (Wildman–Crippen LogP) is 4.10. The molecule has 17 heavy (non-hydrogen) atoms. The molecule has 2 heteroatoms. The molecule has 0 amide bonds. The predicted molar refractivity (Wildman–Crippen MR) is 71.8 cm³/mol. The van der Waals surface area contributed by atoms with Gasteiger partial charge < -0.3 is 5.32 Å². The van der Waals surface area contributed by atoms with E-state index >= 15 is 0 Å². The molecule has 0 heterocycles. The number of hydrogen-bond donors (Lipinski definition) is 1. The number of unbranched alkanes of at least 4 members (excludes halogenated alkanes) is 1. The zero-order valence-corrected chi connectivity index (χ0v) is 11.2. The lowest BCUT2D eigenvalue weighted by atomic mass is 9.93. The smallest absolute Gasteiger partial charge is 0.123 e. The van der Waals surface area contributed by atoms with Crippen molar-refractivity contribution < 1.29 is 4.39 Å². The molecule has 1 aromatic rings. The Labute approximate surface area is 104 Å². The first-order chi connectivity index (χ1) is 8.13. The van der Waals surface area contributed by atoms with E-state index in [1.165, 1.54) is 18.9 Å². The van der Waals surface area contributed by atoms with Crippen LogP contribution in [0.15, 0.2) is 24.3 Å². The van der Waals surface area contributed by atoms with Gasteiger partial charge in [0.15, 0.2) is 0 Å². The standard InChI is InChI=1S/C15H24FN/c1-4-5-7-14(11-17-12(2)3)13-8-6-9-15(16)10-13/h6,8-10,12,14,17H,4-5,7,11H2,1-3H3. The van der Waals surface area contributed by atoms with Crippen molar-refractivity contribution in [1.82, 2.24) is 5.32 Å². The van der Waals surface area contributed by atoms with Gasteiger partial charge in [-0.2, -0.15) is 0 Å². The van der Waals surface area contributed by atoms with Gasteiger partial charge in [-0.3, -0.25) is 0 Å². The molecule has 0 aliphatic carbocycles. The summed E-state index contributed by atoms with van der Waals surface area (Å²) in [5.74, 6) is 0.293. The zero-order chi connectivity index (χ0) is 12.7. The van der Waals surface area contributed by atoms with Crippen LogP contribution in [0.1, 0.15) is 51.5 Å². The van der Waals surface area contributed by atoms with E-state index in [0.29, 0.717) is 12.0 Å². The maximum absolute atomic E-state index is 13.2. The van der Waals surface area contributed by atoms with Gasteiger partial charge in [0.05, 0.1) is 0 Å². The van der Waals surface area contributed by atoms with Gasteiger partial charge in [-0.15, -0.1) is 0 Å². The van der Waals surface area contributed by atoms with Crippen LogP contribution in [0.2, 0.25) is 0 Å². The second-order valence-corrected chi connectivity index (χ2v) is 4.96. The molecule has 0 spiro atoms. The second-order valence-electron chi connectivity index (χ2n) is 4.96. The molecule has 0 saturated carbocycles. The summed E-state index contributed by atoms with van der Waals surface area (Å²) in [6, 6.07) is 7.50. The maximum Gasteiger partial charge on any atom is 0.123 e. The van der Waals surface area contributed by atoms with Gasteiger partial charge in [-0.05, 0) is 30.0 Å². The fourth-order valence-corrected chi connectivity index (χ4v) is 1.98. The molecule has 1 aromatic carbocycles. The van der Waals surface area contributed by atoms with Crippen molar-refractivity contribution in [3.05, 3.63) is 35.6 Å². The first kappa shape index (κ1) is 14.2. The molecule has 0 aromatic heterocycles. The molecular weight excluding hydrogens is 213 g/mol. The largest absolute Gasteiger partial charge is 0.314 e. The van der Waals surface area contributed by atoms with E-state index in [1.807, 2.05) is 6.07 Å². The van der Waals surface area contributed by atoms with Crippen molar-refractivity contribution in [2.45, 2.75) is 52.0 Å². The van der Waals surface area contributed by atoms with Crippen molar-refractivity contribution in [1.29, 1.82) is 0 Å².